The summed E-state index contributed by atoms with van der Waals surface area (Å²) in [5, 5.41) is 36.2. The molecule has 182 valence electrons. The Bertz CT molecular complexity index is 1420. The molecule has 10 nitrogen and oxygen atoms in total. The van der Waals surface area contributed by atoms with Crippen molar-refractivity contribution in [3.8, 4) is 22.5 Å². The lowest BCUT2D eigenvalue weighted by Gasteiger charge is -2.34. The molecule has 1 aliphatic rings. The Morgan fingerprint density at radius 1 is 1.06 bits per heavy atom. The van der Waals surface area contributed by atoms with Crippen LogP contribution in [-0.4, -0.2) is 57.5 Å². The summed E-state index contributed by atoms with van der Waals surface area (Å²) >= 11 is 0. The lowest BCUT2D eigenvalue weighted by atomic mass is 9.98. The van der Waals surface area contributed by atoms with E-state index in [2.05, 4.69) is 25.6 Å². The number of aliphatic hydroxyl groups excluding tert-OH is 1. The number of ether oxygens (including phenoxy) is 1. The Morgan fingerprint density at radius 3 is 2.50 bits per heavy atom. The maximum atomic E-state index is 12.0. The minimum Gasteiger partial charge on any atom is -0.545 e. The van der Waals surface area contributed by atoms with E-state index in [9.17, 15) is 15.0 Å². The zero-order valence-electron chi connectivity index (χ0n) is 19.6. The number of benzene rings is 3. The number of aliphatic hydroxyl groups is 1. The highest BCUT2D eigenvalue weighted by Gasteiger charge is 2.47. The van der Waals surface area contributed by atoms with Crippen LogP contribution in [0, 0.1) is 0 Å². The molecule has 10 heteroatoms. The molecule has 2 N–H and O–H groups in total. The van der Waals surface area contributed by atoms with E-state index in [1.54, 1.807) is 12.1 Å². The van der Waals surface area contributed by atoms with Crippen molar-refractivity contribution in [3.05, 3.63) is 77.9 Å². The number of hydrogen-bond acceptors (Lipinski definition) is 8. The molecular formula is C26H24N6O4. The first kappa shape index (κ1) is 23.3. The predicted molar refractivity (Wildman–Crippen MR) is 132 cm³/mol. The lowest BCUT2D eigenvalue weighted by molar-refractivity contribution is -0.255. The van der Waals surface area contributed by atoms with E-state index in [-0.39, 0.29) is 23.2 Å². The highest BCUT2D eigenvalue weighted by Crippen LogP contribution is 2.45. The number of fused-ring (bicyclic) bond motifs is 1. The van der Waals surface area contributed by atoms with Crippen molar-refractivity contribution in [1.29, 1.82) is 0 Å². The van der Waals surface area contributed by atoms with Crippen LogP contribution in [-0.2, 0) is 11.3 Å². The lowest BCUT2D eigenvalue weighted by Crippen LogP contribution is -2.55. The molecule has 0 saturated heterocycles. The van der Waals surface area contributed by atoms with Crippen molar-refractivity contribution < 1.29 is 19.7 Å². The number of carbonyl (C=O) groups is 1. The molecule has 0 fully saturated rings. The van der Waals surface area contributed by atoms with Crippen LogP contribution in [0.5, 0.6) is 0 Å². The second-order valence-corrected chi connectivity index (χ2v) is 8.35. The number of nitrogens with one attached hydrogen (secondary N) is 1. The van der Waals surface area contributed by atoms with Crippen molar-refractivity contribution in [3.63, 3.8) is 0 Å². The highest BCUT2D eigenvalue weighted by molar-refractivity contribution is 6.06. The van der Waals surface area contributed by atoms with Gasteiger partial charge in [-0.05, 0) is 40.6 Å². The van der Waals surface area contributed by atoms with Gasteiger partial charge in [-0.1, -0.05) is 54.6 Å². The first-order valence-corrected chi connectivity index (χ1v) is 11.5. The third-order valence-electron chi connectivity index (χ3n) is 6.25. The molecule has 0 amide bonds. The zero-order chi connectivity index (χ0) is 25.1. The zero-order valence-corrected chi connectivity index (χ0v) is 19.6. The van der Waals surface area contributed by atoms with Crippen molar-refractivity contribution in [2.24, 2.45) is 4.99 Å². The second-order valence-electron chi connectivity index (χ2n) is 8.35. The second kappa shape index (κ2) is 9.68. The fraction of sp³-hybridized carbons (Fsp3) is 0.192. The number of rotatable bonds is 8. The molecule has 2 heterocycles. The number of nitrogens with zero attached hydrogens (tertiary/aromatic N) is 5. The fourth-order valence-electron chi connectivity index (χ4n) is 4.74. The van der Waals surface area contributed by atoms with Gasteiger partial charge in [-0.15, -0.1) is 5.10 Å². The Hall–Kier alpha value is -4.41. The van der Waals surface area contributed by atoms with Crippen LogP contribution in [0.25, 0.3) is 22.5 Å². The number of aromatic carboxylic acids is 1. The van der Waals surface area contributed by atoms with Gasteiger partial charge in [0, 0.05) is 11.1 Å². The van der Waals surface area contributed by atoms with Crippen LogP contribution in [0.15, 0.2) is 71.7 Å². The van der Waals surface area contributed by atoms with Crippen molar-refractivity contribution in [1.82, 2.24) is 25.1 Å². The average Bonchev–Trinajstić information content (AvgIpc) is 3.53. The summed E-state index contributed by atoms with van der Waals surface area (Å²) in [5.41, 5.74) is 4.71. The topological polar surface area (TPSA) is 136 Å². The first-order chi connectivity index (χ1) is 17.6. The number of para-hydroxylation sites is 1. The monoisotopic (exact) mass is 484 g/mol. The number of H-pyrrole nitrogens is 1. The summed E-state index contributed by atoms with van der Waals surface area (Å²) in [6, 6.07) is 21.0. The molecule has 4 aromatic rings. The van der Waals surface area contributed by atoms with Crippen LogP contribution >= 0.6 is 0 Å². The summed E-state index contributed by atoms with van der Waals surface area (Å²) in [7, 11) is 0. The summed E-state index contributed by atoms with van der Waals surface area (Å²) in [6.07, 6.45) is 0. The standard InChI is InChI=1S/C26H24N6O4/c1-2-36-26-27-22-9-5-8-21(25(34)35)23(22)32(26,14-15-33)16-17-10-12-18(13-11-17)19-6-3-4-7-20(19)24-28-30-31-29-24/h3-13,33H,2,14-16H2,1H3,(H-,28,29,30,31,34,35). The largest absolute Gasteiger partial charge is 0.545 e. The molecule has 1 aliphatic heterocycles. The minimum atomic E-state index is -1.30. The van der Waals surface area contributed by atoms with E-state index >= 15 is 0 Å². The number of carboxylic acids is 1. The number of amidine groups is 1. The molecule has 0 bridgehead atoms. The fourth-order valence-corrected chi connectivity index (χ4v) is 4.74. The number of hydrogen-bond donors (Lipinski definition) is 2. The van der Waals surface area contributed by atoms with E-state index < -0.39 is 5.97 Å². The normalized spacial score (nSPS) is 16.4. The molecule has 36 heavy (non-hydrogen) atoms. The van der Waals surface area contributed by atoms with Crippen LogP contribution < -0.4 is 9.59 Å². The summed E-state index contributed by atoms with van der Waals surface area (Å²) < 4.78 is 5.83. The van der Waals surface area contributed by atoms with Gasteiger partial charge < -0.3 is 19.7 Å². The van der Waals surface area contributed by atoms with Gasteiger partial charge in [0.1, 0.15) is 18.8 Å². The highest BCUT2D eigenvalue weighted by atomic mass is 16.5. The maximum absolute atomic E-state index is 12.0. The van der Waals surface area contributed by atoms with Gasteiger partial charge >= 0.3 is 6.02 Å². The van der Waals surface area contributed by atoms with Gasteiger partial charge in [0.2, 0.25) is 0 Å². The van der Waals surface area contributed by atoms with Gasteiger partial charge in [-0.3, -0.25) is 0 Å². The molecular weight excluding hydrogens is 460 g/mol. The molecule has 0 radical (unpaired) electrons. The van der Waals surface area contributed by atoms with E-state index in [0.717, 1.165) is 22.3 Å². The van der Waals surface area contributed by atoms with E-state index in [0.29, 0.717) is 36.4 Å². The maximum Gasteiger partial charge on any atom is 0.405 e. The van der Waals surface area contributed by atoms with Gasteiger partial charge in [0.15, 0.2) is 11.5 Å². The number of carboxylic acid groups (broad SMARTS) is 1. The first-order valence-electron chi connectivity index (χ1n) is 11.5. The summed E-state index contributed by atoms with van der Waals surface area (Å²) in [4.78, 5) is 16.6. The summed E-state index contributed by atoms with van der Waals surface area (Å²) in [5.74, 6) is -0.725. The number of quaternary nitrogens is 1. The number of aliphatic imine (C=N–C) groups is 1. The molecule has 0 spiro atoms. The predicted octanol–water partition coefficient (Wildman–Crippen LogP) is 2.43. The number of aromatic amines is 1. The Morgan fingerprint density at radius 2 is 1.83 bits per heavy atom. The van der Waals surface area contributed by atoms with Crippen molar-refractivity contribution in [2.75, 3.05) is 19.8 Å². The van der Waals surface area contributed by atoms with Gasteiger partial charge in [0.05, 0.1) is 24.7 Å². The third kappa shape index (κ3) is 4.02. The van der Waals surface area contributed by atoms with Gasteiger partial charge in [0.25, 0.3) is 0 Å². The van der Waals surface area contributed by atoms with Crippen molar-refractivity contribution in [2.45, 2.75) is 13.5 Å². The Labute approximate surface area is 207 Å². The smallest absolute Gasteiger partial charge is 0.405 e. The molecule has 1 atom stereocenters. The Kier molecular flexibility index (Phi) is 6.28. The quantitative estimate of drug-likeness (QED) is 0.367. The summed E-state index contributed by atoms with van der Waals surface area (Å²) in [6.45, 7) is 2.54. The Balaban J connectivity index is 1.55. The number of aromatic nitrogens is 4. The number of carbonyl (C=O) groups excluding carboxylic acids is 1. The molecule has 1 unspecified atom stereocenters. The molecule has 3 aromatic carbocycles. The average molecular weight is 485 g/mol. The van der Waals surface area contributed by atoms with Crippen LogP contribution in [0.4, 0.5) is 11.4 Å². The van der Waals surface area contributed by atoms with Crippen LogP contribution in [0.2, 0.25) is 0 Å². The van der Waals surface area contributed by atoms with Gasteiger partial charge in [-0.25, -0.2) is 9.58 Å². The third-order valence-corrected chi connectivity index (χ3v) is 6.25. The SMILES string of the molecule is CCOC1=Nc2cccc(C(=O)[O-])c2[N+]1(CCO)Cc1ccc(-c2ccccc2-c2nnn[nH]2)cc1. The van der Waals surface area contributed by atoms with Crippen molar-refractivity contribution >= 4 is 23.4 Å². The van der Waals surface area contributed by atoms with Gasteiger partial charge in [-0.2, -0.15) is 4.99 Å². The van der Waals surface area contributed by atoms with E-state index in [4.69, 9.17) is 4.74 Å². The molecule has 5 rings (SSSR count). The molecule has 1 aromatic heterocycles. The number of tetrazole rings is 1. The molecule has 0 aliphatic carbocycles. The van der Waals surface area contributed by atoms with E-state index in [1.165, 1.54) is 6.07 Å². The van der Waals surface area contributed by atoms with Crippen LogP contribution in [0.1, 0.15) is 22.8 Å². The van der Waals surface area contributed by atoms with Crippen LogP contribution in [0.3, 0.4) is 0 Å². The molecule has 0 saturated carbocycles. The van der Waals surface area contributed by atoms with E-state index in [1.807, 2.05) is 55.5 Å². The minimum absolute atomic E-state index is 0.0330.